The quantitative estimate of drug-likeness (QED) is 0.622. The van der Waals surface area contributed by atoms with Crippen LogP contribution < -0.4 is 11.2 Å². The van der Waals surface area contributed by atoms with E-state index in [9.17, 15) is 18.8 Å². The Bertz CT molecular complexity index is 888. The summed E-state index contributed by atoms with van der Waals surface area (Å²) in [7, 11) is 0. The van der Waals surface area contributed by atoms with Crippen molar-refractivity contribution in [1.82, 2.24) is 9.13 Å². The fourth-order valence-corrected chi connectivity index (χ4v) is 1.98. The lowest BCUT2D eigenvalue weighted by atomic mass is 10.2. The predicted molar refractivity (Wildman–Crippen MR) is 81.0 cm³/mol. The van der Waals surface area contributed by atoms with Crippen LogP contribution in [0.25, 0.3) is 5.69 Å². The average molecular weight is 316 g/mol. The van der Waals surface area contributed by atoms with Crippen molar-refractivity contribution >= 4 is 5.97 Å². The molecule has 0 aliphatic carbocycles. The van der Waals surface area contributed by atoms with Crippen molar-refractivity contribution in [3.63, 3.8) is 0 Å². The lowest BCUT2D eigenvalue weighted by Gasteiger charge is -2.11. The smallest absolute Gasteiger partial charge is 0.345 e. The van der Waals surface area contributed by atoms with Gasteiger partial charge in [0.15, 0.2) is 0 Å². The van der Waals surface area contributed by atoms with Crippen LogP contribution in [0.1, 0.15) is 17.3 Å². The number of terminal acetylenes is 1. The van der Waals surface area contributed by atoms with Crippen LogP contribution in [0.15, 0.2) is 40.1 Å². The van der Waals surface area contributed by atoms with Gasteiger partial charge in [0.1, 0.15) is 11.4 Å². The molecule has 1 aromatic heterocycles. The average Bonchev–Trinajstić information content (AvgIpc) is 2.52. The third-order valence-corrected chi connectivity index (χ3v) is 3.00. The third kappa shape index (κ3) is 3.21. The van der Waals surface area contributed by atoms with Gasteiger partial charge in [0.25, 0.3) is 5.56 Å². The molecule has 0 radical (unpaired) electrons. The maximum Gasteiger partial charge on any atom is 0.345 e. The monoisotopic (exact) mass is 316 g/mol. The van der Waals surface area contributed by atoms with Gasteiger partial charge in [-0.05, 0) is 31.2 Å². The van der Waals surface area contributed by atoms with Crippen molar-refractivity contribution in [2.45, 2.75) is 13.5 Å². The molecule has 23 heavy (non-hydrogen) atoms. The number of halogens is 1. The molecule has 2 rings (SSSR count). The molecule has 0 fully saturated rings. The maximum absolute atomic E-state index is 13.0. The van der Waals surface area contributed by atoms with E-state index in [0.29, 0.717) is 0 Å². The van der Waals surface area contributed by atoms with E-state index in [4.69, 9.17) is 11.2 Å². The highest BCUT2D eigenvalue weighted by atomic mass is 19.1. The number of benzene rings is 1. The second-order valence-electron chi connectivity index (χ2n) is 4.49. The van der Waals surface area contributed by atoms with Gasteiger partial charge in [-0.1, -0.05) is 5.92 Å². The topological polar surface area (TPSA) is 70.3 Å². The number of ether oxygens (including phenoxy) is 1. The second kappa shape index (κ2) is 6.75. The normalized spacial score (nSPS) is 10.1. The lowest BCUT2D eigenvalue weighted by molar-refractivity contribution is 0.0522. The van der Waals surface area contributed by atoms with Crippen molar-refractivity contribution in [3.8, 4) is 18.0 Å². The number of carbonyl (C=O) groups excluding carboxylic acids is 1. The van der Waals surface area contributed by atoms with Crippen molar-refractivity contribution in [1.29, 1.82) is 0 Å². The largest absolute Gasteiger partial charge is 0.462 e. The van der Waals surface area contributed by atoms with Crippen LogP contribution in [0.3, 0.4) is 0 Å². The van der Waals surface area contributed by atoms with Crippen LogP contribution >= 0.6 is 0 Å². The van der Waals surface area contributed by atoms with Crippen molar-refractivity contribution < 1.29 is 13.9 Å². The molecule has 0 amide bonds. The van der Waals surface area contributed by atoms with E-state index < -0.39 is 23.0 Å². The van der Waals surface area contributed by atoms with E-state index in [-0.39, 0.29) is 24.4 Å². The molecule has 0 bridgehead atoms. The van der Waals surface area contributed by atoms with Crippen molar-refractivity contribution in [3.05, 3.63) is 62.7 Å². The first-order valence-electron chi connectivity index (χ1n) is 6.72. The number of esters is 1. The minimum atomic E-state index is -0.862. The minimum absolute atomic E-state index is 0.0725. The zero-order valence-corrected chi connectivity index (χ0v) is 12.3. The number of hydrogen-bond donors (Lipinski definition) is 0. The summed E-state index contributed by atoms with van der Waals surface area (Å²) in [5.74, 6) is 0.883. The lowest BCUT2D eigenvalue weighted by Crippen LogP contribution is -2.41. The molecule has 118 valence electrons. The molecule has 0 aliphatic rings. The molecular weight excluding hydrogens is 303 g/mol. The van der Waals surface area contributed by atoms with E-state index in [1.165, 1.54) is 12.1 Å². The summed E-state index contributed by atoms with van der Waals surface area (Å²) in [5, 5.41) is 0. The zero-order chi connectivity index (χ0) is 17.0. The Labute approximate surface area is 130 Å². The Hall–Kier alpha value is -3.14. The Balaban J connectivity index is 2.76. The Morgan fingerprint density at radius 2 is 1.96 bits per heavy atom. The molecule has 0 saturated carbocycles. The molecule has 6 nitrogen and oxygen atoms in total. The fraction of sp³-hybridized carbons (Fsp3) is 0.188. The van der Waals surface area contributed by atoms with E-state index in [0.717, 1.165) is 27.5 Å². The van der Waals surface area contributed by atoms with Crippen LogP contribution in [0.5, 0.6) is 0 Å². The molecule has 0 unspecified atom stereocenters. The molecule has 0 saturated heterocycles. The van der Waals surface area contributed by atoms with Crippen molar-refractivity contribution in [2.24, 2.45) is 0 Å². The third-order valence-electron chi connectivity index (χ3n) is 3.00. The fourth-order valence-electron chi connectivity index (χ4n) is 1.98. The first-order valence-corrected chi connectivity index (χ1v) is 6.72. The number of aromatic nitrogens is 2. The molecule has 0 aliphatic heterocycles. The molecule has 0 atom stereocenters. The number of carbonyl (C=O) groups is 1. The predicted octanol–water partition coefficient (Wildman–Crippen LogP) is 0.948. The van der Waals surface area contributed by atoms with E-state index in [2.05, 4.69) is 5.92 Å². The summed E-state index contributed by atoms with van der Waals surface area (Å²) in [5.41, 5.74) is -1.79. The standard InChI is InChI=1S/C16H13FN2O4/c1-3-9-18-10-13(15(21)23-4-2)14(20)19(16(18)22)12-7-5-11(17)6-8-12/h1,5-8,10H,4,9H2,2H3. The molecule has 0 spiro atoms. The van der Waals surface area contributed by atoms with Gasteiger partial charge < -0.3 is 4.74 Å². The van der Waals surface area contributed by atoms with Gasteiger partial charge in [0.05, 0.1) is 18.8 Å². The summed E-state index contributed by atoms with van der Waals surface area (Å²) < 4.78 is 19.6. The molecule has 1 heterocycles. The van der Waals surface area contributed by atoms with Gasteiger partial charge in [0.2, 0.25) is 0 Å². The van der Waals surface area contributed by atoms with E-state index >= 15 is 0 Å². The van der Waals surface area contributed by atoms with Gasteiger partial charge >= 0.3 is 11.7 Å². The number of rotatable bonds is 4. The van der Waals surface area contributed by atoms with Crippen LogP contribution in [0.4, 0.5) is 4.39 Å². The highest BCUT2D eigenvalue weighted by Crippen LogP contribution is 2.06. The van der Waals surface area contributed by atoms with Crippen molar-refractivity contribution in [2.75, 3.05) is 6.61 Å². The van der Waals surface area contributed by atoms with Crippen LogP contribution in [-0.4, -0.2) is 21.7 Å². The van der Waals surface area contributed by atoms with E-state index in [1.54, 1.807) is 6.92 Å². The Kier molecular flexibility index (Phi) is 4.76. The molecule has 7 heteroatoms. The highest BCUT2D eigenvalue weighted by molar-refractivity contribution is 5.88. The van der Waals surface area contributed by atoms with Crippen LogP contribution in [0.2, 0.25) is 0 Å². The number of nitrogens with zero attached hydrogens (tertiary/aromatic N) is 2. The summed E-state index contributed by atoms with van der Waals surface area (Å²) in [4.78, 5) is 36.7. The van der Waals surface area contributed by atoms with Crippen LogP contribution in [0, 0.1) is 18.2 Å². The second-order valence-corrected chi connectivity index (χ2v) is 4.49. The van der Waals surface area contributed by atoms with Gasteiger partial charge in [-0.2, -0.15) is 0 Å². The number of hydrogen-bond acceptors (Lipinski definition) is 4. The summed E-state index contributed by atoms with van der Waals surface area (Å²) in [6.07, 6.45) is 6.27. The Morgan fingerprint density at radius 1 is 1.30 bits per heavy atom. The van der Waals surface area contributed by atoms with Gasteiger partial charge in [-0.3, -0.25) is 9.36 Å². The minimum Gasteiger partial charge on any atom is -0.462 e. The van der Waals surface area contributed by atoms with Gasteiger partial charge in [-0.25, -0.2) is 18.5 Å². The first-order chi connectivity index (χ1) is 11.0. The summed E-state index contributed by atoms with van der Waals surface area (Å²) >= 11 is 0. The maximum atomic E-state index is 13.0. The molecule has 0 N–H and O–H groups in total. The van der Waals surface area contributed by atoms with E-state index in [1.807, 2.05) is 0 Å². The molecular formula is C16H13FN2O4. The van der Waals surface area contributed by atoms with Gasteiger partial charge in [0, 0.05) is 6.20 Å². The highest BCUT2D eigenvalue weighted by Gasteiger charge is 2.19. The first kappa shape index (κ1) is 16.2. The zero-order valence-electron chi connectivity index (χ0n) is 12.3. The summed E-state index contributed by atoms with van der Waals surface area (Å²) in [6, 6.07) is 4.72. The Morgan fingerprint density at radius 3 is 2.52 bits per heavy atom. The molecule has 1 aromatic carbocycles. The summed E-state index contributed by atoms with van der Waals surface area (Å²) in [6.45, 7) is 1.53. The van der Waals surface area contributed by atoms with Crippen LogP contribution in [-0.2, 0) is 11.3 Å². The SMILES string of the molecule is C#CCn1cc(C(=O)OCC)c(=O)n(-c2ccc(F)cc2)c1=O. The van der Waals surface area contributed by atoms with Gasteiger partial charge in [-0.15, -0.1) is 6.42 Å². The molecule has 2 aromatic rings.